The van der Waals surface area contributed by atoms with E-state index in [2.05, 4.69) is 75.9 Å². The second kappa shape index (κ2) is 9.68. The van der Waals surface area contributed by atoms with E-state index in [4.69, 9.17) is 4.98 Å². The molecule has 1 heterocycles. The largest absolute Gasteiger partial charge is 0.248 e. The average Bonchev–Trinajstić information content (AvgIpc) is 2.65. The summed E-state index contributed by atoms with van der Waals surface area (Å²) in [6.07, 6.45) is 14.3. The molecule has 0 aliphatic heterocycles. The number of nitrogens with zero attached hydrogens (tertiary/aromatic N) is 1. The fourth-order valence-electron chi connectivity index (χ4n) is 3.04. The summed E-state index contributed by atoms with van der Waals surface area (Å²) in [6.45, 7) is 14.6. The summed E-state index contributed by atoms with van der Waals surface area (Å²) < 4.78 is 0. The molecule has 2 aromatic rings. The Morgan fingerprint density at radius 1 is 0.852 bits per heavy atom. The topological polar surface area (TPSA) is 12.9 Å². The molecule has 0 amide bonds. The Bertz CT molecular complexity index is 916. The number of aryl methyl sites for hydroxylation is 2. The highest BCUT2D eigenvalue weighted by atomic mass is 14.7. The van der Waals surface area contributed by atoms with Crippen molar-refractivity contribution in [1.82, 2.24) is 4.98 Å². The molecular formula is C26H29N. The first kappa shape index (κ1) is 20.4. The number of rotatable bonds is 6. The van der Waals surface area contributed by atoms with Gasteiger partial charge in [-0.15, -0.1) is 0 Å². The summed E-state index contributed by atoms with van der Waals surface area (Å²) in [5, 5.41) is 0. The molecule has 0 N–H and O–H groups in total. The van der Waals surface area contributed by atoms with Crippen molar-refractivity contribution >= 4 is 11.1 Å². The molecular weight excluding hydrogens is 326 g/mol. The van der Waals surface area contributed by atoms with Gasteiger partial charge in [0.25, 0.3) is 0 Å². The van der Waals surface area contributed by atoms with Gasteiger partial charge in [0.15, 0.2) is 0 Å². The van der Waals surface area contributed by atoms with Crippen molar-refractivity contribution in [2.45, 2.75) is 34.6 Å². The van der Waals surface area contributed by atoms with Crippen molar-refractivity contribution in [2.75, 3.05) is 0 Å². The van der Waals surface area contributed by atoms with Gasteiger partial charge in [-0.2, -0.15) is 0 Å². The molecule has 2 rings (SSSR count). The molecule has 27 heavy (non-hydrogen) atoms. The van der Waals surface area contributed by atoms with E-state index < -0.39 is 0 Å². The molecule has 138 valence electrons. The minimum Gasteiger partial charge on any atom is -0.248 e. The van der Waals surface area contributed by atoms with Crippen molar-refractivity contribution in [1.29, 1.82) is 0 Å². The third kappa shape index (κ3) is 5.52. The van der Waals surface area contributed by atoms with E-state index in [1.807, 2.05) is 38.2 Å². The zero-order valence-corrected chi connectivity index (χ0v) is 17.1. The van der Waals surface area contributed by atoms with Gasteiger partial charge in [-0.05, 0) is 75.6 Å². The maximum absolute atomic E-state index is 4.92. The molecule has 0 aliphatic rings. The molecule has 0 spiro atoms. The van der Waals surface area contributed by atoms with Crippen LogP contribution in [0.3, 0.4) is 0 Å². The highest BCUT2D eigenvalue weighted by Gasteiger charge is 2.09. The van der Waals surface area contributed by atoms with Crippen molar-refractivity contribution in [3.05, 3.63) is 102 Å². The van der Waals surface area contributed by atoms with Crippen LogP contribution in [0.25, 0.3) is 22.4 Å². The predicted octanol–water partition coefficient (Wildman–Crippen LogP) is 7.49. The fraction of sp³-hybridized carbons (Fsp3) is 0.192. The van der Waals surface area contributed by atoms with E-state index in [1.54, 1.807) is 0 Å². The lowest BCUT2D eigenvalue weighted by atomic mass is 9.98. The van der Waals surface area contributed by atoms with E-state index in [0.29, 0.717) is 0 Å². The van der Waals surface area contributed by atoms with Gasteiger partial charge in [-0.3, -0.25) is 0 Å². The monoisotopic (exact) mass is 355 g/mol. The van der Waals surface area contributed by atoms with Crippen LogP contribution < -0.4 is 0 Å². The first-order valence-corrected chi connectivity index (χ1v) is 9.37. The quantitative estimate of drug-likeness (QED) is 0.489. The van der Waals surface area contributed by atoms with Gasteiger partial charge in [0.05, 0.1) is 11.4 Å². The van der Waals surface area contributed by atoms with Gasteiger partial charge < -0.3 is 0 Å². The van der Waals surface area contributed by atoms with Crippen LogP contribution >= 0.6 is 0 Å². The fourth-order valence-corrected chi connectivity index (χ4v) is 3.04. The third-order valence-electron chi connectivity index (χ3n) is 4.26. The van der Waals surface area contributed by atoms with Crippen molar-refractivity contribution < 1.29 is 0 Å². The number of benzene rings is 1. The van der Waals surface area contributed by atoms with E-state index in [1.165, 1.54) is 16.7 Å². The van der Waals surface area contributed by atoms with Crippen LogP contribution in [0, 0.1) is 13.8 Å². The highest BCUT2D eigenvalue weighted by molar-refractivity contribution is 5.81. The molecule has 0 bridgehead atoms. The molecule has 0 aliphatic carbocycles. The normalized spacial score (nSPS) is 12.6. The van der Waals surface area contributed by atoms with Crippen LogP contribution in [-0.4, -0.2) is 4.98 Å². The summed E-state index contributed by atoms with van der Waals surface area (Å²) in [5.74, 6) is 0. The van der Waals surface area contributed by atoms with Crippen LogP contribution in [0.2, 0.25) is 0 Å². The molecule has 0 unspecified atom stereocenters. The Balaban J connectivity index is 2.65. The zero-order chi connectivity index (χ0) is 19.8. The van der Waals surface area contributed by atoms with E-state index in [0.717, 1.165) is 28.1 Å². The first-order chi connectivity index (χ1) is 13.0. The second-order valence-corrected chi connectivity index (χ2v) is 6.66. The van der Waals surface area contributed by atoms with Gasteiger partial charge >= 0.3 is 0 Å². The maximum Gasteiger partial charge on any atom is 0.0715 e. The van der Waals surface area contributed by atoms with Gasteiger partial charge in [0.2, 0.25) is 0 Å². The third-order valence-corrected chi connectivity index (χ3v) is 4.26. The van der Waals surface area contributed by atoms with Gasteiger partial charge in [-0.25, -0.2) is 4.98 Å². The number of pyridine rings is 1. The van der Waals surface area contributed by atoms with E-state index >= 15 is 0 Å². The highest BCUT2D eigenvalue weighted by Crippen LogP contribution is 2.28. The molecule has 0 saturated heterocycles. The van der Waals surface area contributed by atoms with Gasteiger partial charge in [0.1, 0.15) is 0 Å². The minimum absolute atomic E-state index is 0.895. The van der Waals surface area contributed by atoms with Crippen molar-refractivity contribution in [2.24, 2.45) is 0 Å². The standard InChI is InChI=1S/C26H29N/c1-7-10-11-13-21(6)25-17-23(22(9-3)12-8-2)18-26(27-25)24-15-19(4)14-20(5)16-24/h7-18H,6H2,1-5H3/b10-7-,12-8-,13-11-,22-9+. The van der Waals surface area contributed by atoms with Crippen molar-refractivity contribution in [3.8, 4) is 11.3 Å². The van der Waals surface area contributed by atoms with Crippen LogP contribution in [0.4, 0.5) is 0 Å². The summed E-state index contributed by atoms with van der Waals surface area (Å²) in [6, 6.07) is 10.8. The number of allylic oxidation sites excluding steroid dienone is 9. The summed E-state index contributed by atoms with van der Waals surface area (Å²) in [4.78, 5) is 4.92. The van der Waals surface area contributed by atoms with Crippen molar-refractivity contribution in [3.63, 3.8) is 0 Å². The zero-order valence-electron chi connectivity index (χ0n) is 17.1. The smallest absolute Gasteiger partial charge is 0.0715 e. The Kier molecular flexibility index (Phi) is 7.31. The predicted molar refractivity (Wildman–Crippen MR) is 121 cm³/mol. The summed E-state index contributed by atoms with van der Waals surface area (Å²) in [5.41, 5.74) is 8.71. The van der Waals surface area contributed by atoms with Gasteiger partial charge in [-0.1, -0.05) is 66.3 Å². The average molecular weight is 356 g/mol. The molecule has 0 atom stereocenters. The second-order valence-electron chi connectivity index (χ2n) is 6.66. The Hall–Kier alpha value is -2.93. The molecule has 1 nitrogen and oxygen atoms in total. The first-order valence-electron chi connectivity index (χ1n) is 9.37. The molecule has 1 aromatic carbocycles. The lowest BCUT2D eigenvalue weighted by molar-refractivity contribution is 1.26. The van der Waals surface area contributed by atoms with Crippen LogP contribution in [0.15, 0.2) is 79.4 Å². The number of hydrogen-bond acceptors (Lipinski definition) is 1. The summed E-state index contributed by atoms with van der Waals surface area (Å²) >= 11 is 0. The van der Waals surface area contributed by atoms with E-state index in [-0.39, 0.29) is 0 Å². The van der Waals surface area contributed by atoms with Crippen LogP contribution in [0.5, 0.6) is 0 Å². The van der Waals surface area contributed by atoms with Gasteiger partial charge in [0, 0.05) is 5.56 Å². The molecule has 0 radical (unpaired) electrons. The maximum atomic E-state index is 4.92. The molecule has 0 saturated carbocycles. The minimum atomic E-state index is 0.895. The lowest BCUT2D eigenvalue weighted by Gasteiger charge is -2.12. The Labute approximate surface area is 164 Å². The number of hydrogen-bond donors (Lipinski definition) is 0. The molecule has 0 fully saturated rings. The Morgan fingerprint density at radius 3 is 2.15 bits per heavy atom. The number of aromatic nitrogens is 1. The van der Waals surface area contributed by atoms with Crippen LogP contribution in [0.1, 0.15) is 43.2 Å². The lowest BCUT2D eigenvalue weighted by Crippen LogP contribution is -1.95. The Morgan fingerprint density at radius 2 is 1.56 bits per heavy atom. The SMILES string of the molecule is C=C(/C=C\C=C/C)c1cc(C(/C=C\C)=C/C)cc(-c2cc(C)cc(C)c2)n1. The molecule has 1 aromatic heterocycles. The van der Waals surface area contributed by atoms with E-state index in [9.17, 15) is 0 Å². The summed E-state index contributed by atoms with van der Waals surface area (Å²) in [7, 11) is 0. The van der Waals surface area contributed by atoms with Crippen LogP contribution in [-0.2, 0) is 0 Å². The molecule has 1 heteroatoms.